The molecule has 1 unspecified atom stereocenters. The van der Waals surface area contributed by atoms with Crippen LogP contribution in [0, 0.1) is 13.8 Å². The first-order chi connectivity index (χ1) is 14.4. The van der Waals surface area contributed by atoms with Crippen LogP contribution in [0.5, 0.6) is 0 Å². The Hall–Kier alpha value is -3.45. The highest BCUT2D eigenvalue weighted by Crippen LogP contribution is 2.25. The van der Waals surface area contributed by atoms with Crippen LogP contribution >= 0.6 is 0 Å². The molecule has 3 heterocycles. The molecule has 0 saturated carbocycles. The van der Waals surface area contributed by atoms with E-state index in [4.69, 9.17) is 0 Å². The number of H-pyrrole nitrogens is 1. The van der Waals surface area contributed by atoms with Gasteiger partial charge >= 0.3 is 0 Å². The molecule has 0 spiro atoms. The van der Waals surface area contributed by atoms with Crippen LogP contribution in [0.15, 0.2) is 48.7 Å². The molecule has 3 N–H and O–H groups in total. The topological polar surface area (TPSA) is 98.3 Å². The highest BCUT2D eigenvalue weighted by atomic mass is 16.3. The van der Waals surface area contributed by atoms with Crippen molar-refractivity contribution >= 4 is 11.8 Å². The third-order valence-corrected chi connectivity index (χ3v) is 5.37. The summed E-state index contributed by atoms with van der Waals surface area (Å²) in [5.74, 6) is -0.515. The molecule has 154 valence electrons. The molecular weight excluding hydrogens is 380 g/mol. The van der Waals surface area contributed by atoms with Gasteiger partial charge in [0.05, 0.1) is 5.69 Å². The SMILES string of the molecule is Cc1ccc(C(=O)N2Cc3ccc(CNC(=O)C(O)c4ncccc4C)cc3C2)[nH]1. The number of aryl methyl sites for hydroxylation is 2. The molecule has 3 aromatic rings. The number of nitrogens with zero attached hydrogens (tertiary/aromatic N) is 2. The summed E-state index contributed by atoms with van der Waals surface area (Å²) in [6.07, 6.45) is 0.249. The number of aliphatic hydroxyl groups excluding tert-OH is 1. The van der Waals surface area contributed by atoms with E-state index >= 15 is 0 Å². The van der Waals surface area contributed by atoms with E-state index in [1.165, 1.54) is 0 Å². The van der Waals surface area contributed by atoms with Gasteiger partial charge in [0.25, 0.3) is 11.8 Å². The summed E-state index contributed by atoms with van der Waals surface area (Å²) >= 11 is 0. The molecule has 30 heavy (non-hydrogen) atoms. The first-order valence-corrected chi connectivity index (χ1v) is 9.85. The van der Waals surface area contributed by atoms with Crippen LogP contribution in [0.1, 0.15) is 50.2 Å². The summed E-state index contributed by atoms with van der Waals surface area (Å²) in [6, 6.07) is 13.2. The molecule has 1 aliphatic rings. The Morgan fingerprint density at radius 2 is 1.97 bits per heavy atom. The molecule has 1 aromatic carbocycles. The number of aliphatic hydroxyl groups is 1. The van der Waals surface area contributed by atoms with Gasteiger partial charge < -0.3 is 20.3 Å². The highest BCUT2D eigenvalue weighted by molar-refractivity contribution is 5.93. The van der Waals surface area contributed by atoms with Gasteiger partial charge in [-0.05, 0) is 54.3 Å². The van der Waals surface area contributed by atoms with E-state index in [-0.39, 0.29) is 5.91 Å². The van der Waals surface area contributed by atoms with Crippen LogP contribution in [0.3, 0.4) is 0 Å². The van der Waals surface area contributed by atoms with Crippen LogP contribution in [-0.2, 0) is 24.4 Å². The first-order valence-electron chi connectivity index (χ1n) is 9.85. The number of hydrogen-bond donors (Lipinski definition) is 3. The second-order valence-electron chi connectivity index (χ2n) is 7.65. The van der Waals surface area contributed by atoms with Crippen molar-refractivity contribution in [1.29, 1.82) is 0 Å². The highest BCUT2D eigenvalue weighted by Gasteiger charge is 2.25. The fourth-order valence-corrected chi connectivity index (χ4v) is 3.69. The minimum Gasteiger partial charge on any atom is -0.377 e. The van der Waals surface area contributed by atoms with E-state index in [9.17, 15) is 14.7 Å². The van der Waals surface area contributed by atoms with Crippen molar-refractivity contribution < 1.29 is 14.7 Å². The molecule has 1 atom stereocenters. The Bertz CT molecular complexity index is 1110. The predicted octanol–water partition coefficient (Wildman–Crippen LogP) is 2.53. The van der Waals surface area contributed by atoms with Gasteiger partial charge in [-0.3, -0.25) is 14.6 Å². The maximum absolute atomic E-state index is 12.7. The Kier molecular flexibility index (Phi) is 5.37. The summed E-state index contributed by atoms with van der Waals surface area (Å²) in [5.41, 5.74) is 5.75. The molecule has 2 amide bonds. The largest absolute Gasteiger partial charge is 0.377 e. The van der Waals surface area contributed by atoms with Crippen molar-refractivity contribution in [2.24, 2.45) is 0 Å². The lowest BCUT2D eigenvalue weighted by Gasteiger charge is -2.14. The van der Waals surface area contributed by atoms with Gasteiger partial charge in [0.2, 0.25) is 0 Å². The average molecular weight is 404 g/mol. The summed E-state index contributed by atoms with van der Waals surface area (Å²) < 4.78 is 0. The summed E-state index contributed by atoms with van der Waals surface area (Å²) in [6.45, 7) is 5.11. The average Bonchev–Trinajstić information content (AvgIpc) is 3.37. The van der Waals surface area contributed by atoms with Gasteiger partial charge in [0, 0.05) is 31.5 Å². The molecule has 0 fully saturated rings. The van der Waals surface area contributed by atoms with Crippen molar-refractivity contribution in [3.05, 3.63) is 88.0 Å². The number of benzene rings is 1. The van der Waals surface area contributed by atoms with Gasteiger partial charge in [0.15, 0.2) is 6.10 Å². The number of hydrogen-bond acceptors (Lipinski definition) is 4. The van der Waals surface area contributed by atoms with E-state index in [2.05, 4.69) is 15.3 Å². The molecule has 4 rings (SSSR count). The van der Waals surface area contributed by atoms with Gasteiger partial charge in [-0.15, -0.1) is 0 Å². The molecule has 7 heteroatoms. The van der Waals surface area contributed by atoms with Gasteiger partial charge in [0.1, 0.15) is 5.69 Å². The lowest BCUT2D eigenvalue weighted by atomic mass is 10.1. The number of aromatic nitrogens is 2. The monoisotopic (exact) mass is 404 g/mol. The first kappa shape index (κ1) is 19.8. The number of aromatic amines is 1. The zero-order chi connectivity index (χ0) is 21.3. The van der Waals surface area contributed by atoms with Gasteiger partial charge in [-0.25, -0.2) is 0 Å². The van der Waals surface area contributed by atoms with E-state index in [0.717, 1.165) is 27.9 Å². The minimum atomic E-state index is -1.31. The second kappa shape index (κ2) is 8.12. The van der Waals surface area contributed by atoms with E-state index in [1.807, 2.05) is 31.2 Å². The predicted molar refractivity (Wildman–Crippen MR) is 111 cm³/mol. The Morgan fingerprint density at radius 1 is 1.17 bits per heavy atom. The Morgan fingerprint density at radius 3 is 2.70 bits per heavy atom. The smallest absolute Gasteiger partial charge is 0.270 e. The number of nitrogens with one attached hydrogen (secondary N) is 2. The molecule has 0 radical (unpaired) electrons. The van der Waals surface area contributed by atoms with Crippen LogP contribution in [0.25, 0.3) is 0 Å². The van der Waals surface area contributed by atoms with E-state index in [1.54, 1.807) is 36.2 Å². The fourth-order valence-electron chi connectivity index (χ4n) is 3.69. The lowest BCUT2D eigenvalue weighted by molar-refractivity contribution is -0.130. The lowest BCUT2D eigenvalue weighted by Crippen LogP contribution is -2.29. The van der Waals surface area contributed by atoms with Crippen LogP contribution < -0.4 is 5.32 Å². The van der Waals surface area contributed by atoms with Crippen molar-refractivity contribution in [2.45, 2.75) is 39.6 Å². The third kappa shape index (κ3) is 3.97. The van der Waals surface area contributed by atoms with Gasteiger partial charge in [-0.2, -0.15) is 0 Å². The van der Waals surface area contributed by atoms with Crippen LogP contribution in [-0.4, -0.2) is 31.8 Å². The number of fused-ring (bicyclic) bond motifs is 1. The van der Waals surface area contributed by atoms with Crippen molar-refractivity contribution in [3.8, 4) is 0 Å². The molecule has 0 aliphatic carbocycles. The Labute approximate surface area is 174 Å². The van der Waals surface area contributed by atoms with E-state index in [0.29, 0.717) is 31.0 Å². The number of rotatable bonds is 5. The fraction of sp³-hybridized carbons (Fsp3) is 0.261. The minimum absolute atomic E-state index is 0.0250. The molecule has 1 aliphatic heterocycles. The molecule has 0 bridgehead atoms. The third-order valence-electron chi connectivity index (χ3n) is 5.37. The Balaban J connectivity index is 1.38. The number of carbonyl (C=O) groups is 2. The zero-order valence-corrected chi connectivity index (χ0v) is 17.0. The van der Waals surface area contributed by atoms with Crippen molar-refractivity contribution in [3.63, 3.8) is 0 Å². The molecule has 7 nitrogen and oxygen atoms in total. The summed E-state index contributed by atoms with van der Waals surface area (Å²) in [5, 5.41) is 13.1. The summed E-state index contributed by atoms with van der Waals surface area (Å²) in [4.78, 5) is 34.0. The van der Waals surface area contributed by atoms with Crippen LogP contribution in [0.2, 0.25) is 0 Å². The van der Waals surface area contributed by atoms with Crippen molar-refractivity contribution in [1.82, 2.24) is 20.2 Å². The number of pyridine rings is 1. The number of amides is 2. The molecular formula is C23H24N4O3. The van der Waals surface area contributed by atoms with E-state index < -0.39 is 12.0 Å². The van der Waals surface area contributed by atoms with Gasteiger partial charge in [-0.1, -0.05) is 24.3 Å². The molecule has 2 aromatic heterocycles. The summed E-state index contributed by atoms with van der Waals surface area (Å²) in [7, 11) is 0. The zero-order valence-electron chi connectivity index (χ0n) is 17.0. The molecule has 0 saturated heterocycles. The normalized spacial score (nSPS) is 13.8. The van der Waals surface area contributed by atoms with Crippen LogP contribution in [0.4, 0.5) is 0 Å². The quantitative estimate of drug-likeness (QED) is 0.609. The maximum Gasteiger partial charge on any atom is 0.270 e. The second-order valence-corrected chi connectivity index (χ2v) is 7.65. The maximum atomic E-state index is 12.7. The number of carbonyl (C=O) groups excluding carboxylic acids is 2. The van der Waals surface area contributed by atoms with Crippen molar-refractivity contribution in [2.75, 3.05) is 0 Å². The standard InChI is InChI=1S/C23H24N4O3/c1-14-4-3-9-24-20(14)21(28)22(29)25-11-16-6-7-17-12-27(13-18(17)10-16)23(30)19-8-5-15(2)26-19/h3-10,21,26,28H,11-13H2,1-2H3,(H,25,29).